The van der Waals surface area contributed by atoms with Gasteiger partial charge in [-0.3, -0.25) is 0 Å². The van der Waals surface area contributed by atoms with Crippen molar-refractivity contribution in [3.05, 3.63) is 118 Å². The summed E-state index contributed by atoms with van der Waals surface area (Å²) >= 11 is 1.75. The zero-order valence-corrected chi connectivity index (χ0v) is 22.8. The van der Waals surface area contributed by atoms with Crippen LogP contribution in [0.2, 0.25) is 0 Å². The fraction of sp³-hybridized carbons (Fsp3) is 0.182. The molecule has 0 atom stereocenters. The van der Waals surface area contributed by atoms with E-state index in [2.05, 4.69) is 114 Å². The fourth-order valence-corrected chi connectivity index (χ4v) is 6.66. The molecule has 0 spiro atoms. The van der Waals surface area contributed by atoms with E-state index in [1.807, 2.05) is 12.3 Å². The van der Waals surface area contributed by atoms with Crippen LogP contribution in [0.3, 0.4) is 0 Å². The van der Waals surface area contributed by atoms with Gasteiger partial charge in [-0.1, -0.05) is 129 Å². The van der Waals surface area contributed by atoms with E-state index in [9.17, 15) is 0 Å². The first-order valence-corrected chi connectivity index (χ1v) is 13.4. The lowest BCUT2D eigenvalue weighted by Crippen LogP contribution is -2.55. The molecular formula is C33H32BNS. The molecule has 0 bridgehead atoms. The van der Waals surface area contributed by atoms with E-state index in [-0.39, 0.29) is 6.71 Å². The lowest BCUT2D eigenvalue weighted by molar-refractivity contribution is 1.34. The van der Waals surface area contributed by atoms with Crippen LogP contribution < -0.4 is 16.4 Å². The minimum Gasteiger partial charge on any atom is -0.244 e. The summed E-state index contributed by atoms with van der Waals surface area (Å²) in [5.41, 5.74) is 14.6. The number of hydrogen-bond acceptors (Lipinski definition) is 2. The molecule has 3 heteroatoms. The summed E-state index contributed by atoms with van der Waals surface area (Å²) in [7, 11) is 0. The van der Waals surface area contributed by atoms with Gasteiger partial charge in [0.1, 0.15) is 5.01 Å². The van der Waals surface area contributed by atoms with E-state index in [1.165, 1.54) is 65.8 Å². The summed E-state index contributed by atoms with van der Waals surface area (Å²) in [5.74, 6) is 0. The molecule has 4 aromatic carbocycles. The van der Waals surface area contributed by atoms with Crippen LogP contribution in [0.4, 0.5) is 0 Å². The maximum absolute atomic E-state index is 4.70. The van der Waals surface area contributed by atoms with Gasteiger partial charge in [-0.25, -0.2) is 4.98 Å². The van der Waals surface area contributed by atoms with Crippen LogP contribution >= 0.6 is 11.3 Å². The number of thiazole rings is 1. The molecule has 0 aliphatic carbocycles. The van der Waals surface area contributed by atoms with Gasteiger partial charge in [0.15, 0.2) is 0 Å². The highest BCUT2D eigenvalue weighted by atomic mass is 32.1. The molecule has 178 valence electrons. The molecule has 0 unspecified atom stereocenters. The van der Waals surface area contributed by atoms with Gasteiger partial charge in [0, 0.05) is 11.8 Å². The van der Waals surface area contributed by atoms with E-state index < -0.39 is 0 Å². The van der Waals surface area contributed by atoms with Gasteiger partial charge in [0.05, 0.1) is 4.88 Å². The van der Waals surface area contributed by atoms with Crippen molar-refractivity contribution in [2.75, 3.05) is 0 Å². The second-order valence-electron chi connectivity index (χ2n) is 10.1. The van der Waals surface area contributed by atoms with Crippen LogP contribution in [-0.4, -0.2) is 11.7 Å². The number of hydrogen-bond donors (Lipinski definition) is 0. The summed E-state index contributed by atoms with van der Waals surface area (Å²) < 4.78 is 0. The minimum absolute atomic E-state index is 0.196. The standard InChI is InChI=1S/C33H32BNS/c1-21-16-23(3)31(24(4)17-21)34(32-25(5)18-22(2)19-26(32)6)29-14-12-27(13-15-29)30-20-35-33(36-30)28-10-8-7-9-11-28/h7-20H,1-6H3. The molecule has 5 aromatic rings. The van der Waals surface area contributed by atoms with Gasteiger partial charge in [-0.15, -0.1) is 11.3 Å². The minimum atomic E-state index is 0.196. The van der Waals surface area contributed by atoms with Crippen molar-refractivity contribution < 1.29 is 0 Å². The molecule has 1 nitrogen and oxygen atoms in total. The molecule has 36 heavy (non-hydrogen) atoms. The molecule has 0 fully saturated rings. The van der Waals surface area contributed by atoms with Gasteiger partial charge < -0.3 is 0 Å². The SMILES string of the molecule is Cc1cc(C)c(B(c2ccc(-c3cnc(-c4ccccc4)s3)cc2)c2c(C)cc(C)cc2C)c(C)c1. The molecule has 0 N–H and O–H groups in total. The van der Waals surface area contributed by atoms with Crippen LogP contribution in [0.5, 0.6) is 0 Å². The van der Waals surface area contributed by atoms with Crippen molar-refractivity contribution in [1.82, 2.24) is 4.98 Å². The van der Waals surface area contributed by atoms with Gasteiger partial charge in [-0.05, 0) is 47.1 Å². The average molecular weight is 486 g/mol. The molecular weight excluding hydrogens is 453 g/mol. The molecule has 0 saturated carbocycles. The average Bonchev–Trinajstić information content (AvgIpc) is 3.33. The molecule has 0 radical (unpaired) electrons. The predicted octanol–water partition coefficient (Wildman–Crippen LogP) is 6.84. The molecule has 1 heterocycles. The summed E-state index contributed by atoms with van der Waals surface area (Å²) in [6.07, 6.45) is 2.00. The lowest BCUT2D eigenvalue weighted by Gasteiger charge is -2.24. The van der Waals surface area contributed by atoms with E-state index in [1.54, 1.807) is 11.3 Å². The topological polar surface area (TPSA) is 12.9 Å². The number of aromatic nitrogens is 1. The van der Waals surface area contributed by atoms with E-state index >= 15 is 0 Å². The zero-order chi connectivity index (χ0) is 25.4. The first kappa shape index (κ1) is 24.3. The highest BCUT2D eigenvalue weighted by Crippen LogP contribution is 2.31. The Labute approximate surface area is 220 Å². The van der Waals surface area contributed by atoms with Crippen molar-refractivity contribution in [1.29, 1.82) is 0 Å². The van der Waals surface area contributed by atoms with Gasteiger partial charge in [-0.2, -0.15) is 0 Å². The monoisotopic (exact) mass is 485 g/mol. The highest BCUT2D eigenvalue weighted by molar-refractivity contribution is 7.18. The Hall–Kier alpha value is -3.43. The van der Waals surface area contributed by atoms with E-state index in [4.69, 9.17) is 4.98 Å². The summed E-state index contributed by atoms with van der Waals surface area (Å²) in [6, 6.07) is 28.9. The first-order chi connectivity index (χ1) is 17.3. The molecule has 1 aromatic heterocycles. The van der Waals surface area contributed by atoms with Crippen LogP contribution in [0, 0.1) is 41.5 Å². The number of aryl methyl sites for hydroxylation is 6. The Balaban J connectivity index is 1.60. The Morgan fingerprint density at radius 3 is 1.58 bits per heavy atom. The Kier molecular flexibility index (Phi) is 6.68. The number of rotatable bonds is 5. The second kappa shape index (κ2) is 9.91. The van der Waals surface area contributed by atoms with E-state index in [0.717, 1.165) is 5.01 Å². The zero-order valence-electron chi connectivity index (χ0n) is 22.0. The van der Waals surface area contributed by atoms with Gasteiger partial charge in [0.25, 0.3) is 0 Å². The third-order valence-corrected chi connectivity index (χ3v) is 8.20. The van der Waals surface area contributed by atoms with Crippen LogP contribution in [0.15, 0.2) is 85.1 Å². The Morgan fingerprint density at radius 2 is 1.08 bits per heavy atom. The van der Waals surface area contributed by atoms with Crippen molar-refractivity contribution in [2.45, 2.75) is 41.5 Å². The summed E-state index contributed by atoms with van der Waals surface area (Å²) in [4.78, 5) is 5.89. The van der Waals surface area contributed by atoms with Crippen LogP contribution in [0.25, 0.3) is 21.0 Å². The quantitative estimate of drug-likeness (QED) is 0.248. The summed E-state index contributed by atoms with van der Waals surface area (Å²) in [6.45, 7) is 13.6. The lowest BCUT2D eigenvalue weighted by atomic mass is 9.34. The first-order valence-electron chi connectivity index (χ1n) is 12.6. The maximum atomic E-state index is 4.70. The molecule has 0 saturated heterocycles. The smallest absolute Gasteiger partial charge is 0.242 e. The van der Waals surface area contributed by atoms with Crippen molar-refractivity contribution in [2.24, 2.45) is 0 Å². The Morgan fingerprint density at radius 1 is 0.583 bits per heavy atom. The van der Waals surface area contributed by atoms with Gasteiger partial charge >= 0.3 is 0 Å². The molecule has 5 rings (SSSR count). The highest BCUT2D eigenvalue weighted by Gasteiger charge is 2.28. The number of nitrogens with zero attached hydrogens (tertiary/aromatic N) is 1. The predicted molar refractivity (Wildman–Crippen MR) is 159 cm³/mol. The molecule has 0 aliphatic rings. The second-order valence-corrected chi connectivity index (χ2v) is 11.1. The summed E-state index contributed by atoms with van der Waals surface area (Å²) in [5, 5.41) is 1.06. The van der Waals surface area contributed by atoms with Crippen LogP contribution in [0.1, 0.15) is 33.4 Å². The normalized spacial score (nSPS) is 11.1. The van der Waals surface area contributed by atoms with Crippen molar-refractivity contribution >= 4 is 34.4 Å². The Bertz CT molecular complexity index is 1430. The van der Waals surface area contributed by atoms with Crippen molar-refractivity contribution in [3.8, 4) is 21.0 Å². The van der Waals surface area contributed by atoms with Gasteiger partial charge in [0.2, 0.25) is 6.71 Å². The fourth-order valence-electron chi connectivity index (χ4n) is 5.73. The van der Waals surface area contributed by atoms with Crippen LogP contribution in [-0.2, 0) is 0 Å². The molecule has 0 aliphatic heterocycles. The van der Waals surface area contributed by atoms with E-state index in [0.29, 0.717) is 0 Å². The molecule has 0 amide bonds. The third-order valence-electron chi connectivity index (χ3n) is 7.11. The largest absolute Gasteiger partial charge is 0.244 e. The third kappa shape index (κ3) is 4.68. The maximum Gasteiger partial charge on any atom is 0.242 e. The van der Waals surface area contributed by atoms with Crippen molar-refractivity contribution in [3.63, 3.8) is 0 Å². The number of benzene rings is 4.